The van der Waals surface area contributed by atoms with E-state index < -0.39 is 23.5 Å². The Bertz CT molecular complexity index is 487. The van der Waals surface area contributed by atoms with Crippen molar-refractivity contribution in [2.75, 3.05) is 13.7 Å². The van der Waals surface area contributed by atoms with Crippen LogP contribution in [0.2, 0.25) is 0 Å². The normalized spacial score (nSPS) is 12.0. The number of hydrogen-bond acceptors (Lipinski definition) is 5. The van der Waals surface area contributed by atoms with Gasteiger partial charge < -0.3 is 15.1 Å². The van der Waals surface area contributed by atoms with E-state index in [0.717, 1.165) is 0 Å². The Morgan fingerprint density at radius 3 is 2.63 bits per heavy atom. The van der Waals surface area contributed by atoms with Gasteiger partial charge in [0.25, 0.3) is 5.69 Å². The van der Waals surface area contributed by atoms with E-state index in [1.165, 1.54) is 31.0 Å². The Morgan fingerprint density at radius 2 is 2.16 bits per heavy atom. The minimum absolute atomic E-state index is 0.0236. The third kappa shape index (κ3) is 3.73. The Balaban J connectivity index is 3.07. The average Bonchev–Trinajstić information content (AvgIpc) is 2.37. The maximum absolute atomic E-state index is 11.2. The minimum Gasteiger partial charge on any atom is -0.389 e. The van der Waals surface area contributed by atoms with Gasteiger partial charge in [0.15, 0.2) is 0 Å². The highest BCUT2D eigenvalue weighted by Crippen LogP contribution is 2.24. The van der Waals surface area contributed by atoms with Crippen molar-refractivity contribution in [2.45, 2.75) is 19.6 Å². The van der Waals surface area contributed by atoms with Gasteiger partial charge >= 0.3 is 0 Å². The molecular formula is C12H16N2O5. The molecule has 0 fully saturated rings. The monoisotopic (exact) mass is 268 g/mol. The minimum atomic E-state index is -0.801. The number of rotatable bonds is 5. The van der Waals surface area contributed by atoms with Gasteiger partial charge in [0.1, 0.15) is 6.61 Å². The summed E-state index contributed by atoms with van der Waals surface area (Å²) in [5.74, 6) is -0.520. The Kier molecular flexibility index (Phi) is 4.96. The summed E-state index contributed by atoms with van der Waals surface area (Å²) >= 11 is 0. The molecule has 0 aliphatic heterocycles. The van der Waals surface area contributed by atoms with E-state index in [0.29, 0.717) is 11.1 Å². The highest BCUT2D eigenvalue weighted by Gasteiger charge is 2.18. The standard InChI is InChI=1S/C12H16N2O5/c1-8(16)9-3-4-10(11(5-9)14(18)19)6-13(2)12(17)7-15/h3-5,8,15-16H,6-7H2,1-2H3. The molecule has 1 aromatic rings. The second-order valence-corrected chi connectivity index (χ2v) is 4.23. The van der Waals surface area contributed by atoms with Crippen LogP contribution in [0, 0.1) is 10.1 Å². The van der Waals surface area contributed by atoms with E-state index in [1.807, 2.05) is 0 Å². The quantitative estimate of drug-likeness (QED) is 0.601. The fourth-order valence-corrected chi connectivity index (χ4v) is 1.61. The molecule has 0 aromatic heterocycles. The van der Waals surface area contributed by atoms with Gasteiger partial charge in [-0.25, -0.2) is 0 Å². The van der Waals surface area contributed by atoms with Crippen LogP contribution >= 0.6 is 0 Å². The van der Waals surface area contributed by atoms with E-state index in [1.54, 1.807) is 6.07 Å². The molecule has 7 heteroatoms. The van der Waals surface area contributed by atoms with Crippen molar-refractivity contribution < 1.29 is 19.9 Å². The number of benzene rings is 1. The molecule has 1 unspecified atom stereocenters. The van der Waals surface area contributed by atoms with Gasteiger partial charge in [-0.15, -0.1) is 0 Å². The smallest absolute Gasteiger partial charge is 0.274 e. The summed E-state index contributed by atoms with van der Waals surface area (Å²) in [6.07, 6.45) is -0.801. The molecule has 0 aliphatic rings. The van der Waals surface area contributed by atoms with Crippen molar-refractivity contribution in [2.24, 2.45) is 0 Å². The molecule has 0 radical (unpaired) electrons. The molecule has 1 aromatic carbocycles. The Hall–Kier alpha value is -1.99. The first kappa shape index (κ1) is 15.1. The number of nitro benzene ring substituents is 1. The van der Waals surface area contributed by atoms with Gasteiger partial charge in [-0.05, 0) is 18.6 Å². The first-order valence-electron chi connectivity index (χ1n) is 5.67. The Morgan fingerprint density at radius 1 is 1.53 bits per heavy atom. The number of carbonyl (C=O) groups excluding carboxylic acids is 1. The fraction of sp³-hybridized carbons (Fsp3) is 0.417. The summed E-state index contributed by atoms with van der Waals surface area (Å²) in [6, 6.07) is 4.36. The van der Waals surface area contributed by atoms with Crippen LogP contribution in [0.5, 0.6) is 0 Å². The SMILES string of the molecule is CC(O)c1ccc(CN(C)C(=O)CO)c([N+](=O)[O-])c1. The van der Waals surface area contributed by atoms with E-state index in [4.69, 9.17) is 5.11 Å². The van der Waals surface area contributed by atoms with Crippen molar-refractivity contribution in [3.63, 3.8) is 0 Å². The van der Waals surface area contributed by atoms with Crippen molar-refractivity contribution >= 4 is 11.6 Å². The molecule has 104 valence electrons. The van der Waals surface area contributed by atoms with Gasteiger partial charge in [-0.2, -0.15) is 0 Å². The number of aliphatic hydroxyl groups is 2. The zero-order chi connectivity index (χ0) is 14.6. The van der Waals surface area contributed by atoms with Gasteiger partial charge in [0.2, 0.25) is 5.91 Å². The molecule has 1 rings (SSSR count). The number of hydrogen-bond donors (Lipinski definition) is 2. The number of carbonyl (C=O) groups is 1. The number of amides is 1. The van der Waals surface area contributed by atoms with Gasteiger partial charge in [-0.1, -0.05) is 6.07 Å². The maximum Gasteiger partial charge on any atom is 0.274 e. The molecule has 0 aliphatic carbocycles. The van der Waals surface area contributed by atoms with Crippen LogP contribution in [0.15, 0.2) is 18.2 Å². The number of likely N-dealkylation sites (N-methyl/N-ethyl adjacent to an activating group) is 1. The molecule has 1 atom stereocenters. The first-order chi connectivity index (χ1) is 8.86. The van der Waals surface area contributed by atoms with Crippen LogP contribution in [0.1, 0.15) is 24.2 Å². The van der Waals surface area contributed by atoms with E-state index >= 15 is 0 Å². The van der Waals surface area contributed by atoms with Crippen LogP contribution in [-0.4, -0.2) is 39.6 Å². The average molecular weight is 268 g/mol. The number of aliphatic hydroxyl groups excluding tert-OH is 2. The lowest BCUT2D eigenvalue weighted by atomic mass is 10.1. The third-order valence-corrected chi connectivity index (χ3v) is 2.76. The largest absolute Gasteiger partial charge is 0.389 e. The zero-order valence-electron chi connectivity index (χ0n) is 10.7. The highest BCUT2D eigenvalue weighted by molar-refractivity contribution is 5.77. The van der Waals surface area contributed by atoms with Crippen LogP contribution in [-0.2, 0) is 11.3 Å². The van der Waals surface area contributed by atoms with Gasteiger partial charge in [0.05, 0.1) is 17.6 Å². The molecule has 0 saturated heterocycles. The highest BCUT2D eigenvalue weighted by atomic mass is 16.6. The van der Waals surface area contributed by atoms with Crippen molar-refractivity contribution in [1.82, 2.24) is 4.90 Å². The van der Waals surface area contributed by atoms with Gasteiger partial charge in [0, 0.05) is 18.7 Å². The van der Waals surface area contributed by atoms with E-state index in [9.17, 15) is 20.0 Å². The van der Waals surface area contributed by atoms with Crippen LogP contribution in [0.4, 0.5) is 5.69 Å². The van der Waals surface area contributed by atoms with Crippen molar-refractivity contribution in [3.05, 3.63) is 39.4 Å². The molecule has 0 bridgehead atoms. The summed E-state index contributed by atoms with van der Waals surface area (Å²) in [7, 11) is 1.45. The Labute approximate surface area is 110 Å². The molecule has 19 heavy (non-hydrogen) atoms. The molecule has 1 amide bonds. The number of nitrogens with zero attached hydrogens (tertiary/aromatic N) is 2. The predicted molar refractivity (Wildman–Crippen MR) is 67.3 cm³/mol. The number of nitro groups is 1. The fourth-order valence-electron chi connectivity index (χ4n) is 1.61. The summed E-state index contributed by atoms with van der Waals surface area (Å²) in [6.45, 7) is 0.895. The second kappa shape index (κ2) is 6.26. The molecule has 0 spiro atoms. The second-order valence-electron chi connectivity index (χ2n) is 4.23. The molecule has 0 saturated carbocycles. The summed E-state index contributed by atoms with van der Waals surface area (Å²) in [4.78, 5) is 22.9. The van der Waals surface area contributed by atoms with Crippen molar-refractivity contribution in [1.29, 1.82) is 0 Å². The lowest BCUT2D eigenvalue weighted by molar-refractivity contribution is -0.385. The lowest BCUT2D eigenvalue weighted by Gasteiger charge is -2.16. The molecule has 7 nitrogen and oxygen atoms in total. The third-order valence-electron chi connectivity index (χ3n) is 2.76. The van der Waals surface area contributed by atoms with E-state index in [2.05, 4.69) is 0 Å². The summed E-state index contributed by atoms with van der Waals surface area (Å²) in [5, 5.41) is 29.1. The van der Waals surface area contributed by atoms with E-state index in [-0.39, 0.29) is 12.2 Å². The molecule has 2 N–H and O–H groups in total. The first-order valence-corrected chi connectivity index (χ1v) is 5.67. The summed E-state index contributed by atoms with van der Waals surface area (Å²) in [5.41, 5.74) is 0.626. The lowest BCUT2D eigenvalue weighted by Crippen LogP contribution is -2.28. The maximum atomic E-state index is 11.2. The zero-order valence-corrected chi connectivity index (χ0v) is 10.7. The summed E-state index contributed by atoms with van der Waals surface area (Å²) < 4.78 is 0. The van der Waals surface area contributed by atoms with Crippen LogP contribution in [0.3, 0.4) is 0 Å². The van der Waals surface area contributed by atoms with Crippen LogP contribution in [0.25, 0.3) is 0 Å². The predicted octanol–water partition coefficient (Wildman–Crippen LogP) is 0.599. The molecule has 0 heterocycles. The molecular weight excluding hydrogens is 252 g/mol. The van der Waals surface area contributed by atoms with Gasteiger partial charge in [-0.3, -0.25) is 14.9 Å². The van der Waals surface area contributed by atoms with Crippen LogP contribution < -0.4 is 0 Å². The topological polar surface area (TPSA) is 104 Å². The van der Waals surface area contributed by atoms with Crippen molar-refractivity contribution in [3.8, 4) is 0 Å².